The summed E-state index contributed by atoms with van der Waals surface area (Å²) in [4.78, 5) is 28.1. The predicted octanol–water partition coefficient (Wildman–Crippen LogP) is 1.10. The smallest absolute Gasteiger partial charge is 0.306 e. The summed E-state index contributed by atoms with van der Waals surface area (Å²) in [5.41, 5.74) is 0.871. The molecule has 1 amide bonds. The van der Waals surface area contributed by atoms with Crippen molar-refractivity contribution in [1.29, 1.82) is 0 Å². The normalized spacial score (nSPS) is 10.4. The second kappa shape index (κ2) is 7.07. The van der Waals surface area contributed by atoms with E-state index < -0.39 is 0 Å². The Kier molecular flexibility index (Phi) is 5.73. The third kappa shape index (κ3) is 5.24. The van der Waals surface area contributed by atoms with Crippen LogP contribution in [0.15, 0.2) is 5.38 Å². The molecule has 0 fully saturated rings. The molecule has 7 heteroatoms. The monoisotopic (exact) mass is 271 g/mol. The number of hydrogen-bond donors (Lipinski definition) is 1. The first-order chi connectivity index (χ1) is 8.51. The van der Waals surface area contributed by atoms with Gasteiger partial charge in [0.05, 0.1) is 19.2 Å². The summed E-state index contributed by atoms with van der Waals surface area (Å²) >= 11 is 1.39. The molecule has 0 aliphatic heterocycles. The van der Waals surface area contributed by atoms with Gasteiger partial charge in [-0.2, -0.15) is 0 Å². The molecule has 0 aliphatic carbocycles. The number of carbonyl (C=O) groups excluding carboxylic acids is 2. The Hall–Kier alpha value is -1.47. The molecule has 6 nitrogen and oxygen atoms in total. The number of aromatic nitrogens is 1. The lowest BCUT2D eigenvalue weighted by molar-refractivity contribution is -0.140. The molecule has 1 aromatic rings. The van der Waals surface area contributed by atoms with Crippen molar-refractivity contribution in [3.05, 3.63) is 11.1 Å². The Bertz CT molecular complexity index is 419. The Balaban J connectivity index is 2.39. The number of hydrogen-bond acceptors (Lipinski definition) is 6. The van der Waals surface area contributed by atoms with E-state index >= 15 is 0 Å². The van der Waals surface area contributed by atoms with Crippen molar-refractivity contribution in [2.75, 3.05) is 26.0 Å². The van der Waals surface area contributed by atoms with E-state index in [1.54, 1.807) is 0 Å². The minimum Gasteiger partial charge on any atom is -0.469 e. The highest BCUT2D eigenvalue weighted by atomic mass is 32.1. The van der Waals surface area contributed by atoms with Gasteiger partial charge in [-0.05, 0) is 7.05 Å². The maximum atomic E-state index is 11.0. The number of rotatable bonds is 6. The van der Waals surface area contributed by atoms with Crippen LogP contribution in [0.2, 0.25) is 0 Å². The molecule has 0 aromatic carbocycles. The highest BCUT2D eigenvalue weighted by molar-refractivity contribution is 7.13. The van der Waals surface area contributed by atoms with Crippen molar-refractivity contribution in [3.63, 3.8) is 0 Å². The second-order valence-corrected chi connectivity index (χ2v) is 4.75. The van der Waals surface area contributed by atoms with Crippen LogP contribution in [0.4, 0.5) is 5.13 Å². The van der Waals surface area contributed by atoms with Gasteiger partial charge in [0.25, 0.3) is 0 Å². The van der Waals surface area contributed by atoms with Crippen LogP contribution in [0.1, 0.15) is 19.0 Å². The van der Waals surface area contributed by atoms with Crippen LogP contribution in [0.3, 0.4) is 0 Å². The van der Waals surface area contributed by atoms with Crippen molar-refractivity contribution in [3.8, 4) is 0 Å². The van der Waals surface area contributed by atoms with E-state index in [-0.39, 0.29) is 11.9 Å². The van der Waals surface area contributed by atoms with Crippen LogP contribution in [0.5, 0.6) is 0 Å². The van der Waals surface area contributed by atoms with Crippen LogP contribution in [-0.2, 0) is 20.9 Å². The number of anilines is 1. The quantitative estimate of drug-likeness (QED) is 0.784. The molecule has 1 N–H and O–H groups in total. The van der Waals surface area contributed by atoms with Gasteiger partial charge in [-0.15, -0.1) is 11.3 Å². The van der Waals surface area contributed by atoms with Gasteiger partial charge in [-0.3, -0.25) is 14.5 Å². The molecule has 1 heterocycles. The van der Waals surface area contributed by atoms with E-state index in [4.69, 9.17) is 0 Å². The standard InChI is InChI=1S/C11H17N3O3S/c1-8(15)12-11-13-9(7-18-11)6-14(2)5-4-10(16)17-3/h7H,4-6H2,1-3H3,(H,12,13,15). The number of thiazole rings is 1. The molecule has 0 spiro atoms. The van der Waals surface area contributed by atoms with E-state index in [9.17, 15) is 9.59 Å². The summed E-state index contributed by atoms with van der Waals surface area (Å²) in [6.07, 6.45) is 0.357. The van der Waals surface area contributed by atoms with Gasteiger partial charge in [-0.1, -0.05) is 0 Å². The van der Waals surface area contributed by atoms with Gasteiger partial charge in [0.15, 0.2) is 5.13 Å². The Morgan fingerprint density at radius 2 is 2.28 bits per heavy atom. The maximum absolute atomic E-state index is 11.0. The summed E-state index contributed by atoms with van der Waals surface area (Å²) in [5.74, 6) is -0.353. The van der Waals surface area contributed by atoms with Gasteiger partial charge in [0.2, 0.25) is 5.91 Å². The van der Waals surface area contributed by atoms with Gasteiger partial charge in [-0.25, -0.2) is 4.98 Å². The first-order valence-electron chi connectivity index (χ1n) is 5.48. The number of nitrogens with one attached hydrogen (secondary N) is 1. The number of nitrogens with zero attached hydrogens (tertiary/aromatic N) is 2. The molecule has 18 heavy (non-hydrogen) atoms. The molecule has 0 unspecified atom stereocenters. The van der Waals surface area contributed by atoms with Crippen LogP contribution in [0.25, 0.3) is 0 Å². The lowest BCUT2D eigenvalue weighted by Crippen LogP contribution is -2.22. The van der Waals surface area contributed by atoms with Crippen LogP contribution in [-0.4, -0.2) is 42.5 Å². The molecule has 1 rings (SSSR count). The summed E-state index contributed by atoms with van der Waals surface area (Å²) in [6.45, 7) is 2.69. The Labute approximate surface area is 110 Å². The topological polar surface area (TPSA) is 71.5 Å². The Morgan fingerprint density at radius 1 is 1.56 bits per heavy atom. The van der Waals surface area contributed by atoms with E-state index in [2.05, 4.69) is 15.0 Å². The van der Waals surface area contributed by atoms with Gasteiger partial charge >= 0.3 is 5.97 Å². The first-order valence-corrected chi connectivity index (χ1v) is 6.36. The fourth-order valence-electron chi connectivity index (χ4n) is 1.33. The summed E-state index contributed by atoms with van der Waals surface area (Å²) in [6, 6.07) is 0. The molecule has 0 radical (unpaired) electrons. The van der Waals surface area contributed by atoms with Crippen molar-refractivity contribution in [2.24, 2.45) is 0 Å². The first kappa shape index (κ1) is 14.6. The summed E-state index contributed by atoms with van der Waals surface area (Å²) < 4.78 is 4.57. The van der Waals surface area contributed by atoms with Gasteiger partial charge < -0.3 is 10.1 Å². The molecule has 100 valence electrons. The van der Waals surface area contributed by atoms with Gasteiger partial charge in [0.1, 0.15) is 0 Å². The van der Waals surface area contributed by atoms with Crippen LogP contribution in [0, 0.1) is 0 Å². The zero-order chi connectivity index (χ0) is 13.5. The maximum Gasteiger partial charge on any atom is 0.306 e. The third-order valence-electron chi connectivity index (χ3n) is 2.19. The minimum absolute atomic E-state index is 0.130. The highest BCUT2D eigenvalue weighted by Gasteiger charge is 2.08. The van der Waals surface area contributed by atoms with Crippen molar-refractivity contribution in [1.82, 2.24) is 9.88 Å². The predicted molar refractivity (Wildman–Crippen MR) is 69.4 cm³/mol. The lowest BCUT2D eigenvalue weighted by atomic mass is 10.3. The van der Waals surface area contributed by atoms with Crippen LogP contribution < -0.4 is 5.32 Å². The lowest BCUT2D eigenvalue weighted by Gasteiger charge is -2.13. The third-order valence-corrected chi connectivity index (χ3v) is 3.00. The van der Waals surface area contributed by atoms with Crippen molar-refractivity contribution >= 4 is 28.3 Å². The number of carbonyl (C=O) groups is 2. The highest BCUT2D eigenvalue weighted by Crippen LogP contribution is 2.16. The Morgan fingerprint density at radius 3 is 2.89 bits per heavy atom. The largest absolute Gasteiger partial charge is 0.469 e. The average molecular weight is 271 g/mol. The van der Waals surface area contributed by atoms with Gasteiger partial charge in [0, 0.05) is 25.4 Å². The number of methoxy groups -OCH3 is 1. The van der Waals surface area contributed by atoms with E-state index in [0.717, 1.165) is 5.69 Å². The molecule has 0 aliphatic rings. The van der Waals surface area contributed by atoms with Crippen LogP contribution >= 0.6 is 11.3 Å². The zero-order valence-electron chi connectivity index (χ0n) is 10.7. The molecule has 0 saturated carbocycles. The molecule has 0 saturated heterocycles. The number of esters is 1. The van der Waals surface area contributed by atoms with Crippen molar-refractivity contribution < 1.29 is 14.3 Å². The summed E-state index contributed by atoms with van der Waals surface area (Å²) in [7, 11) is 3.28. The number of ether oxygens (including phenoxy) is 1. The fourth-order valence-corrected chi connectivity index (χ4v) is 2.07. The van der Waals surface area contributed by atoms with E-state index in [1.807, 2.05) is 17.3 Å². The zero-order valence-corrected chi connectivity index (χ0v) is 11.5. The molecule has 1 aromatic heterocycles. The molecule has 0 bridgehead atoms. The minimum atomic E-state index is -0.223. The molecule has 0 atom stereocenters. The average Bonchev–Trinajstić information content (AvgIpc) is 2.72. The SMILES string of the molecule is COC(=O)CCN(C)Cc1csc(NC(C)=O)n1. The fraction of sp³-hybridized carbons (Fsp3) is 0.545. The van der Waals surface area contributed by atoms with E-state index in [1.165, 1.54) is 25.4 Å². The van der Waals surface area contributed by atoms with Crippen molar-refractivity contribution in [2.45, 2.75) is 19.9 Å². The number of amides is 1. The van der Waals surface area contributed by atoms with E-state index in [0.29, 0.717) is 24.6 Å². The summed E-state index contributed by atoms with van der Waals surface area (Å²) in [5, 5.41) is 5.12. The molecular weight excluding hydrogens is 254 g/mol. The molecular formula is C11H17N3O3S. The second-order valence-electron chi connectivity index (χ2n) is 3.89.